The molecule has 0 radical (unpaired) electrons. The van der Waals surface area contributed by atoms with E-state index in [0.717, 1.165) is 53.1 Å². The molecular formula is C22H21FN4. The van der Waals surface area contributed by atoms with Crippen LogP contribution in [0.5, 0.6) is 0 Å². The van der Waals surface area contributed by atoms with Gasteiger partial charge in [0.2, 0.25) is 0 Å². The van der Waals surface area contributed by atoms with Crippen LogP contribution in [0.3, 0.4) is 0 Å². The van der Waals surface area contributed by atoms with Crippen molar-refractivity contribution in [3.63, 3.8) is 0 Å². The number of hydrogen-bond acceptors (Lipinski definition) is 3. The van der Waals surface area contributed by atoms with Gasteiger partial charge in [0.15, 0.2) is 5.65 Å². The van der Waals surface area contributed by atoms with Crippen molar-refractivity contribution in [3.05, 3.63) is 72.9 Å². The second kappa shape index (κ2) is 7.58. The largest absolute Gasteiger partial charge is 0.369 e. The molecule has 2 heterocycles. The Balaban J connectivity index is 1.92. The van der Waals surface area contributed by atoms with E-state index in [-0.39, 0.29) is 5.82 Å². The fourth-order valence-electron chi connectivity index (χ4n) is 3.21. The number of anilines is 1. The van der Waals surface area contributed by atoms with Crippen LogP contribution in [-0.4, -0.2) is 21.1 Å². The molecule has 0 unspecified atom stereocenters. The third-order valence-electron chi connectivity index (χ3n) is 4.60. The van der Waals surface area contributed by atoms with E-state index >= 15 is 0 Å². The number of nitrogens with one attached hydrogen (secondary N) is 1. The molecular weight excluding hydrogens is 339 g/mol. The molecule has 1 N–H and O–H groups in total. The van der Waals surface area contributed by atoms with Crippen molar-refractivity contribution in [3.8, 4) is 16.8 Å². The van der Waals surface area contributed by atoms with Gasteiger partial charge >= 0.3 is 0 Å². The molecule has 5 heteroatoms. The lowest BCUT2D eigenvalue weighted by Gasteiger charge is -2.08. The Morgan fingerprint density at radius 2 is 1.78 bits per heavy atom. The first-order valence-corrected chi connectivity index (χ1v) is 9.19. The van der Waals surface area contributed by atoms with E-state index < -0.39 is 0 Å². The SMILES string of the molecule is CCCCNc1ncnc2c1c(-c1ccccc1)cn2-c1ccc(F)cc1. The molecule has 4 rings (SSSR count). The lowest BCUT2D eigenvalue weighted by molar-refractivity contribution is 0.627. The Bertz CT molecular complexity index is 1040. The van der Waals surface area contributed by atoms with Crippen LogP contribution in [0, 0.1) is 5.82 Å². The first kappa shape index (κ1) is 17.2. The number of unbranched alkanes of at least 4 members (excludes halogenated alkanes) is 1. The van der Waals surface area contributed by atoms with Crippen molar-refractivity contribution in [2.45, 2.75) is 19.8 Å². The predicted molar refractivity (Wildman–Crippen MR) is 108 cm³/mol. The highest BCUT2D eigenvalue weighted by molar-refractivity contribution is 6.02. The summed E-state index contributed by atoms with van der Waals surface area (Å²) in [6.45, 7) is 3.02. The van der Waals surface area contributed by atoms with E-state index in [1.807, 2.05) is 29.0 Å². The molecule has 0 spiro atoms. The minimum atomic E-state index is -0.255. The van der Waals surface area contributed by atoms with Gasteiger partial charge in [-0.05, 0) is 36.2 Å². The zero-order chi connectivity index (χ0) is 18.6. The molecule has 0 bridgehead atoms. The Hall–Kier alpha value is -3.21. The Morgan fingerprint density at radius 1 is 1.00 bits per heavy atom. The number of hydrogen-bond donors (Lipinski definition) is 1. The van der Waals surface area contributed by atoms with Crippen LogP contribution in [0.4, 0.5) is 10.2 Å². The van der Waals surface area contributed by atoms with Crippen LogP contribution in [0.15, 0.2) is 67.1 Å². The molecule has 0 saturated carbocycles. The van der Waals surface area contributed by atoms with Gasteiger partial charge < -0.3 is 9.88 Å². The lowest BCUT2D eigenvalue weighted by Crippen LogP contribution is -2.04. The summed E-state index contributed by atoms with van der Waals surface area (Å²) in [5.41, 5.74) is 3.81. The number of rotatable bonds is 6. The van der Waals surface area contributed by atoms with E-state index in [9.17, 15) is 4.39 Å². The molecule has 4 nitrogen and oxygen atoms in total. The molecule has 0 saturated heterocycles. The summed E-state index contributed by atoms with van der Waals surface area (Å²) in [5.74, 6) is 0.572. The van der Waals surface area contributed by atoms with Crippen LogP contribution in [-0.2, 0) is 0 Å². The highest BCUT2D eigenvalue weighted by atomic mass is 19.1. The minimum Gasteiger partial charge on any atom is -0.369 e. The molecule has 136 valence electrons. The van der Waals surface area contributed by atoms with Gasteiger partial charge in [-0.1, -0.05) is 43.7 Å². The topological polar surface area (TPSA) is 42.7 Å². The van der Waals surface area contributed by atoms with Gasteiger partial charge in [0, 0.05) is 24.0 Å². The molecule has 0 aliphatic heterocycles. The molecule has 27 heavy (non-hydrogen) atoms. The van der Waals surface area contributed by atoms with Gasteiger partial charge in [0.25, 0.3) is 0 Å². The minimum absolute atomic E-state index is 0.255. The van der Waals surface area contributed by atoms with Crippen LogP contribution in [0.2, 0.25) is 0 Å². The first-order valence-electron chi connectivity index (χ1n) is 9.19. The fourth-order valence-corrected chi connectivity index (χ4v) is 3.21. The van der Waals surface area contributed by atoms with Gasteiger partial charge in [-0.3, -0.25) is 0 Å². The summed E-state index contributed by atoms with van der Waals surface area (Å²) in [6.07, 6.45) is 5.81. The molecule has 2 aromatic carbocycles. The number of halogens is 1. The molecule has 0 amide bonds. The van der Waals surface area contributed by atoms with Gasteiger partial charge in [0.05, 0.1) is 5.39 Å². The van der Waals surface area contributed by atoms with Crippen molar-refractivity contribution in [1.82, 2.24) is 14.5 Å². The fraction of sp³-hybridized carbons (Fsp3) is 0.182. The number of fused-ring (bicyclic) bond motifs is 1. The molecule has 0 atom stereocenters. The number of nitrogens with zero attached hydrogens (tertiary/aromatic N) is 3. The van der Waals surface area contributed by atoms with Crippen LogP contribution in [0.1, 0.15) is 19.8 Å². The molecule has 4 aromatic rings. The van der Waals surface area contributed by atoms with E-state index in [0.29, 0.717) is 0 Å². The quantitative estimate of drug-likeness (QED) is 0.466. The zero-order valence-corrected chi connectivity index (χ0v) is 15.2. The first-order chi connectivity index (χ1) is 13.3. The summed E-state index contributed by atoms with van der Waals surface area (Å²) in [7, 11) is 0. The van der Waals surface area contributed by atoms with E-state index in [1.165, 1.54) is 12.1 Å². The summed E-state index contributed by atoms with van der Waals surface area (Å²) < 4.78 is 15.4. The van der Waals surface area contributed by atoms with E-state index in [4.69, 9.17) is 0 Å². The van der Waals surface area contributed by atoms with Crippen molar-refractivity contribution in [2.24, 2.45) is 0 Å². The number of benzene rings is 2. The molecule has 0 aliphatic rings. The average molecular weight is 360 g/mol. The Labute approximate surface area is 157 Å². The zero-order valence-electron chi connectivity index (χ0n) is 15.2. The summed E-state index contributed by atoms with van der Waals surface area (Å²) in [5, 5.41) is 4.42. The van der Waals surface area contributed by atoms with Crippen LogP contribution < -0.4 is 5.32 Å². The highest BCUT2D eigenvalue weighted by Crippen LogP contribution is 2.35. The van der Waals surface area contributed by atoms with Crippen molar-refractivity contribution in [2.75, 3.05) is 11.9 Å². The van der Waals surface area contributed by atoms with E-state index in [1.54, 1.807) is 18.5 Å². The maximum absolute atomic E-state index is 13.4. The third kappa shape index (κ3) is 3.40. The van der Waals surface area contributed by atoms with Gasteiger partial charge in [-0.2, -0.15) is 0 Å². The summed E-state index contributed by atoms with van der Waals surface area (Å²) >= 11 is 0. The van der Waals surface area contributed by atoms with Crippen LogP contribution >= 0.6 is 0 Å². The second-order valence-corrected chi connectivity index (χ2v) is 6.46. The van der Waals surface area contributed by atoms with Gasteiger partial charge in [-0.25, -0.2) is 14.4 Å². The monoisotopic (exact) mass is 360 g/mol. The average Bonchev–Trinajstić information content (AvgIpc) is 3.10. The summed E-state index contributed by atoms with van der Waals surface area (Å²) in [4.78, 5) is 9.02. The lowest BCUT2D eigenvalue weighted by atomic mass is 10.1. The summed E-state index contributed by atoms with van der Waals surface area (Å²) in [6, 6.07) is 16.6. The Kier molecular flexibility index (Phi) is 4.83. The third-order valence-corrected chi connectivity index (χ3v) is 4.60. The van der Waals surface area contributed by atoms with Gasteiger partial charge in [0.1, 0.15) is 18.0 Å². The van der Waals surface area contributed by atoms with Crippen molar-refractivity contribution < 1.29 is 4.39 Å². The number of aromatic nitrogens is 3. The van der Waals surface area contributed by atoms with Crippen LogP contribution in [0.25, 0.3) is 27.8 Å². The molecule has 0 fully saturated rings. The second-order valence-electron chi connectivity index (χ2n) is 6.46. The normalized spacial score (nSPS) is 11.0. The predicted octanol–water partition coefficient (Wildman–Crippen LogP) is 5.44. The molecule has 0 aliphatic carbocycles. The Morgan fingerprint density at radius 3 is 2.52 bits per heavy atom. The maximum atomic E-state index is 13.4. The maximum Gasteiger partial charge on any atom is 0.150 e. The smallest absolute Gasteiger partial charge is 0.150 e. The van der Waals surface area contributed by atoms with Crippen molar-refractivity contribution >= 4 is 16.9 Å². The van der Waals surface area contributed by atoms with E-state index in [2.05, 4.69) is 34.3 Å². The van der Waals surface area contributed by atoms with Gasteiger partial charge in [-0.15, -0.1) is 0 Å². The van der Waals surface area contributed by atoms with Crippen molar-refractivity contribution in [1.29, 1.82) is 0 Å². The standard InChI is InChI=1S/C22H21FN4/c1-2-3-13-24-21-20-19(16-7-5-4-6-8-16)14-27(22(20)26-15-25-21)18-11-9-17(23)10-12-18/h4-12,14-15H,2-3,13H2,1H3,(H,24,25,26). The highest BCUT2D eigenvalue weighted by Gasteiger charge is 2.17. The molecule has 2 aromatic heterocycles.